The molecule has 1 saturated heterocycles. The fourth-order valence-electron chi connectivity index (χ4n) is 4.20. The number of hydrogen-bond acceptors (Lipinski definition) is 4. The lowest BCUT2D eigenvalue weighted by atomic mass is 9.88. The van der Waals surface area contributed by atoms with Gasteiger partial charge in [0.1, 0.15) is 6.10 Å². The zero-order chi connectivity index (χ0) is 22.2. The smallest absolute Gasteiger partial charge is 0.200 e. The van der Waals surface area contributed by atoms with Gasteiger partial charge in [0.05, 0.1) is 25.8 Å². The Hall–Kier alpha value is -2.57. The molecule has 5 heteroatoms. The molecule has 168 valence electrons. The Morgan fingerprint density at radius 2 is 1.31 bits per heavy atom. The molecule has 1 N–H and O–H groups in total. The van der Waals surface area contributed by atoms with Gasteiger partial charge in [-0.25, -0.2) is 0 Å². The Kier molecular flexibility index (Phi) is 7.66. The number of benzene rings is 3. The number of aliphatic hydroxyl groups is 1. The number of piperidine rings is 1. The van der Waals surface area contributed by atoms with E-state index in [1.165, 1.54) is 0 Å². The van der Waals surface area contributed by atoms with Crippen LogP contribution in [0.4, 0.5) is 4.39 Å². The van der Waals surface area contributed by atoms with Gasteiger partial charge in [-0.1, -0.05) is 91.0 Å². The van der Waals surface area contributed by atoms with Gasteiger partial charge >= 0.3 is 0 Å². The number of likely N-dealkylation sites (tertiary alicyclic amines) is 1. The van der Waals surface area contributed by atoms with E-state index in [1.54, 1.807) is 0 Å². The van der Waals surface area contributed by atoms with Crippen molar-refractivity contribution < 1.29 is 19.0 Å². The van der Waals surface area contributed by atoms with E-state index in [0.717, 1.165) is 16.7 Å². The molecule has 0 spiro atoms. The summed E-state index contributed by atoms with van der Waals surface area (Å²) in [7, 11) is 0. The van der Waals surface area contributed by atoms with Crippen LogP contribution in [0.25, 0.3) is 0 Å². The summed E-state index contributed by atoms with van der Waals surface area (Å²) in [5.74, 6) is -2.43. The normalized spacial score (nSPS) is 23.8. The van der Waals surface area contributed by atoms with Crippen LogP contribution in [0.15, 0.2) is 91.0 Å². The minimum atomic E-state index is -1.72. The first kappa shape index (κ1) is 22.6. The van der Waals surface area contributed by atoms with Crippen LogP contribution >= 0.6 is 0 Å². The van der Waals surface area contributed by atoms with Crippen LogP contribution in [0.5, 0.6) is 0 Å². The first-order valence-electron chi connectivity index (χ1n) is 11.1. The number of halogens is 1. The maximum absolute atomic E-state index is 14.2. The molecule has 32 heavy (non-hydrogen) atoms. The van der Waals surface area contributed by atoms with Crippen molar-refractivity contribution in [2.24, 2.45) is 5.92 Å². The molecule has 4 rings (SSSR count). The maximum atomic E-state index is 14.2. The molecular formula is C27H30FNO3. The van der Waals surface area contributed by atoms with Gasteiger partial charge in [-0.05, 0) is 16.7 Å². The van der Waals surface area contributed by atoms with Crippen molar-refractivity contribution in [1.29, 1.82) is 0 Å². The molecule has 0 aliphatic carbocycles. The Balaban J connectivity index is 1.53. The van der Waals surface area contributed by atoms with E-state index in [1.807, 2.05) is 78.9 Å². The van der Waals surface area contributed by atoms with Gasteiger partial charge in [0, 0.05) is 19.6 Å². The number of alkyl halides is 1. The highest BCUT2D eigenvalue weighted by molar-refractivity contribution is 5.16. The van der Waals surface area contributed by atoms with E-state index >= 15 is 0 Å². The molecule has 0 saturated carbocycles. The summed E-state index contributed by atoms with van der Waals surface area (Å²) in [6.07, 6.45) is -0.690. The lowest BCUT2D eigenvalue weighted by molar-refractivity contribution is -0.322. The molecule has 3 aromatic rings. The highest BCUT2D eigenvalue weighted by Crippen LogP contribution is 2.34. The molecule has 1 heterocycles. The summed E-state index contributed by atoms with van der Waals surface area (Å²) in [4.78, 5) is 2.13. The first-order valence-corrected chi connectivity index (χ1v) is 11.1. The van der Waals surface area contributed by atoms with E-state index in [4.69, 9.17) is 9.47 Å². The lowest BCUT2D eigenvalue weighted by Gasteiger charge is -2.48. The summed E-state index contributed by atoms with van der Waals surface area (Å²) < 4.78 is 26.4. The molecule has 1 aliphatic heterocycles. The van der Waals surface area contributed by atoms with Gasteiger partial charge in [0.25, 0.3) is 0 Å². The van der Waals surface area contributed by atoms with E-state index in [0.29, 0.717) is 26.2 Å². The van der Waals surface area contributed by atoms with Gasteiger partial charge in [-0.2, -0.15) is 0 Å². The van der Waals surface area contributed by atoms with Crippen LogP contribution < -0.4 is 0 Å². The highest BCUT2D eigenvalue weighted by atomic mass is 19.1. The maximum Gasteiger partial charge on any atom is 0.200 e. The van der Waals surface area contributed by atoms with E-state index in [2.05, 4.69) is 17.0 Å². The van der Waals surface area contributed by atoms with E-state index < -0.39 is 24.5 Å². The number of ether oxygens (including phenoxy) is 2. The zero-order valence-corrected chi connectivity index (χ0v) is 18.1. The third-order valence-electron chi connectivity index (χ3n) is 5.99. The molecular weight excluding hydrogens is 405 g/mol. The topological polar surface area (TPSA) is 41.9 Å². The summed E-state index contributed by atoms with van der Waals surface area (Å²) in [5.41, 5.74) is 3.06. The van der Waals surface area contributed by atoms with Gasteiger partial charge in [0.2, 0.25) is 5.79 Å². The molecule has 1 aliphatic rings. The third kappa shape index (κ3) is 5.61. The molecule has 4 nitrogen and oxygen atoms in total. The molecule has 0 amide bonds. The van der Waals surface area contributed by atoms with Crippen molar-refractivity contribution in [1.82, 2.24) is 4.90 Å². The standard InChI is InChI=1S/C27H30FNO3/c28-16-25-18-29(17-22-10-4-1-5-11-22)19-26(31-20-23-12-6-2-7-13-23)27(25,30)32-21-24-14-8-3-9-15-24/h1-15,25-26,30H,16-21H2. The minimum absolute atomic E-state index is 0.192. The Bertz CT molecular complexity index is 941. The number of nitrogens with zero attached hydrogens (tertiary/aromatic N) is 1. The Labute approximate surface area is 189 Å². The molecule has 3 unspecified atom stereocenters. The van der Waals surface area contributed by atoms with Crippen molar-refractivity contribution in [2.75, 3.05) is 19.8 Å². The molecule has 3 atom stereocenters. The fourth-order valence-corrected chi connectivity index (χ4v) is 4.20. The average Bonchev–Trinajstić information content (AvgIpc) is 2.85. The SMILES string of the molecule is OC1(OCc2ccccc2)C(CF)CN(Cc2ccccc2)CC1OCc1ccccc1. The lowest BCUT2D eigenvalue weighted by Crippen LogP contribution is -2.63. The Morgan fingerprint density at radius 1 is 0.781 bits per heavy atom. The summed E-state index contributed by atoms with van der Waals surface area (Å²) >= 11 is 0. The fraction of sp³-hybridized carbons (Fsp3) is 0.333. The van der Waals surface area contributed by atoms with Crippen molar-refractivity contribution in [2.45, 2.75) is 31.6 Å². The second-order valence-corrected chi connectivity index (χ2v) is 8.34. The van der Waals surface area contributed by atoms with Crippen LogP contribution in [-0.4, -0.2) is 41.7 Å². The van der Waals surface area contributed by atoms with E-state index in [9.17, 15) is 9.50 Å². The second kappa shape index (κ2) is 10.8. The third-order valence-corrected chi connectivity index (χ3v) is 5.99. The Morgan fingerprint density at radius 3 is 1.88 bits per heavy atom. The van der Waals surface area contributed by atoms with Crippen molar-refractivity contribution >= 4 is 0 Å². The summed E-state index contributed by atoms with van der Waals surface area (Å²) in [5, 5.41) is 11.6. The molecule has 1 fully saturated rings. The zero-order valence-electron chi connectivity index (χ0n) is 18.1. The van der Waals surface area contributed by atoms with Crippen LogP contribution in [0, 0.1) is 5.92 Å². The van der Waals surface area contributed by atoms with Gasteiger partial charge in [-0.15, -0.1) is 0 Å². The quantitative estimate of drug-likeness (QED) is 0.500. The summed E-state index contributed by atoms with van der Waals surface area (Å²) in [6, 6.07) is 29.5. The molecule has 3 aromatic carbocycles. The van der Waals surface area contributed by atoms with Crippen molar-refractivity contribution in [3.63, 3.8) is 0 Å². The van der Waals surface area contributed by atoms with Crippen LogP contribution in [-0.2, 0) is 29.2 Å². The average molecular weight is 436 g/mol. The van der Waals surface area contributed by atoms with Crippen LogP contribution in [0.2, 0.25) is 0 Å². The van der Waals surface area contributed by atoms with Crippen molar-refractivity contribution in [3.8, 4) is 0 Å². The largest absolute Gasteiger partial charge is 0.367 e. The number of rotatable bonds is 9. The molecule has 0 aromatic heterocycles. The first-order chi connectivity index (χ1) is 15.7. The van der Waals surface area contributed by atoms with Crippen LogP contribution in [0.1, 0.15) is 16.7 Å². The predicted molar refractivity (Wildman–Crippen MR) is 122 cm³/mol. The van der Waals surface area contributed by atoms with Gasteiger partial charge in [0.15, 0.2) is 0 Å². The van der Waals surface area contributed by atoms with E-state index in [-0.39, 0.29) is 6.61 Å². The molecule has 0 radical (unpaired) electrons. The van der Waals surface area contributed by atoms with Crippen LogP contribution in [0.3, 0.4) is 0 Å². The highest BCUT2D eigenvalue weighted by Gasteiger charge is 2.51. The molecule has 0 bridgehead atoms. The number of hydrogen-bond donors (Lipinski definition) is 1. The predicted octanol–water partition coefficient (Wildman–Crippen LogP) is 4.58. The second-order valence-electron chi connectivity index (χ2n) is 8.34. The van der Waals surface area contributed by atoms with Crippen molar-refractivity contribution in [3.05, 3.63) is 108 Å². The summed E-state index contributed by atoms with van der Waals surface area (Å²) in [6.45, 7) is 1.32. The minimum Gasteiger partial charge on any atom is -0.367 e. The monoisotopic (exact) mass is 435 g/mol. The van der Waals surface area contributed by atoms with Gasteiger partial charge < -0.3 is 14.6 Å². The van der Waals surface area contributed by atoms with Gasteiger partial charge in [-0.3, -0.25) is 9.29 Å².